The van der Waals surface area contributed by atoms with Crippen molar-refractivity contribution in [2.24, 2.45) is 17.3 Å². The zero-order chi connectivity index (χ0) is 28.6. The van der Waals surface area contributed by atoms with Gasteiger partial charge < -0.3 is 14.2 Å². The Morgan fingerprint density at radius 1 is 0.868 bits per heavy atom. The summed E-state index contributed by atoms with van der Waals surface area (Å²) in [5.74, 6) is 0.550. The lowest BCUT2D eigenvalue weighted by Gasteiger charge is -2.32. The first-order valence-corrected chi connectivity index (χ1v) is 15.6. The van der Waals surface area contributed by atoms with Crippen LogP contribution in [-0.2, 0) is 38.2 Å². The molecule has 1 heterocycles. The third kappa shape index (κ3) is 12.2. The van der Waals surface area contributed by atoms with Gasteiger partial charge in [0.25, 0.3) is 11.8 Å². The first-order chi connectivity index (χ1) is 18.1. The number of ether oxygens (including phenoxy) is 3. The summed E-state index contributed by atoms with van der Waals surface area (Å²) in [5.41, 5.74) is -0.865. The standard InChI is InChI=1S/C27H43NO8S2/c1-6-27(17-34-24(31)13-15-37-7-2,19-36-26(33)21(5)16-38-8-3)18-35-25(32)20(4)10-9-14-28-22(29)11-12-23(28)30/h11-12,20-21H,6-10,13-19H2,1-5H3. The maximum absolute atomic E-state index is 12.7. The van der Waals surface area contributed by atoms with Crippen molar-refractivity contribution in [2.75, 3.05) is 49.4 Å². The van der Waals surface area contributed by atoms with E-state index in [2.05, 4.69) is 0 Å². The summed E-state index contributed by atoms with van der Waals surface area (Å²) in [6, 6.07) is 0. The molecule has 0 aliphatic carbocycles. The molecule has 0 aromatic carbocycles. The smallest absolute Gasteiger partial charge is 0.309 e. The van der Waals surface area contributed by atoms with Crippen LogP contribution in [-0.4, -0.2) is 84.0 Å². The number of hydrogen-bond acceptors (Lipinski definition) is 10. The van der Waals surface area contributed by atoms with E-state index in [1.807, 2.05) is 27.7 Å². The molecule has 1 aliphatic rings. The lowest BCUT2D eigenvalue weighted by Crippen LogP contribution is -2.40. The van der Waals surface area contributed by atoms with Crippen LogP contribution in [0, 0.1) is 17.3 Å². The van der Waals surface area contributed by atoms with Gasteiger partial charge in [-0.2, -0.15) is 23.5 Å². The summed E-state index contributed by atoms with van der Waals surface area (Å²) in [6.45, 7) is 9.55. The highest BCUT2D eigenvalue weighted by atomic mass is 32.2. The van der Waals surface area contributed by atoms with E-state index in [9.17, 15) is 24.0 Å². The van der Waals surface area contributed by atoms with Crippen LogP contribution in [0.3, 0.4) is 0 Å². The maximum atomic E-state index is 12.7. The number of imide groups is 1. The molecular weight excluding hydrogens is 530 g/mol. The molecule has 0 saturated carbocycles. The van der Waals surface area contributed by atoms with Crippen molar-refractivity contribution in [2.45, 2.75) is 60.3 Å². The molecule has 0 aromatic rings. The van der Waals surface area contributed by atoms with E-state index < -0.39 is 17.3 Å². The lowest BCUT2D eigenvalue weighted by molar-refractivity contribution is -0.165. The van der Waals surface area contributed by atoms with Crippen LogP contribution in [0.1, 0.15) is 60.3 Å². The fourth-order valence-corrected chi connectivity index (χ4v) is 4.78. The van der Waals surface area contributed by atoms with Crippen LogP contribution >= 0.6 is 23.5 Å². The molecule has 3 unspecified atom stereocenters. The van der Waals surface area contributed by atoms with Crippen molar-refractivity contribution in [3.8, 4) is 0 Å². The molecule has 0 aromatic heterocycles. The van der Waals surface area contributed by atoms with Crippen molar-refractivity contribution in [3.63, 3.8) is 0 Å². The zero-order valence-electron chi connectivity index (χ0n) is 23.3. The summed E-state index contributed by atoms with van der Waals surface area (Å²) in [5, 5.41) is 0. The maximum Gasteiger partial charge on any atom is 0.309 e. The average Bonchev–Trinajstić information content (AvgIpc) is 3.23. The van der Waals surface area contributed by atoms with E-state index in [-0.39, 0.29) is 62.5 Å². The van der Waals surface area contributed by atoms with Crippen molar-refractivity contribution >= 4 is 53.2 Å². The number of esters is 3. The zero-order valence-corrected chi connectivity index (χ0v) is 25.0. The Bertz CT molecular complexity index is 816. The molecule has 11 heteroatoms. The normalized spacial score (nSPS) is 16.2. The Balaban J connectivity index is 2.71. The predicted molar refractivity (Wildman–Crippen MR) is 150 cm³/mol. The number of nitrogens with zero attached hydrogens (tertiary/aromatic N) is 1. The van der Waals surface area contributed by atoms with E-state index in [1.165, 1.54) is 12.2 Å². The van der Waals surface area contributed by atoms with Gasteiger partial charge in [-0.15, -0.1) is 0 Å². The highest BCUT2D eigenvalue weighted by molar-refractivity contribution is 7.99. The van der Waals surface area contributed by atoms with Gasteiger partial charge in [0, 0.05) is 30.2 Å². The van der Waals surface area contributed by atoms with Crippen LogP contribution in [0.25, 0.3) is 0 Å². The highest BCUT2D eigenvalue weighted by Gasteiger charge is 2.35. The first kappa shape index (κ1) is 34.0. The van der Waals surface area contributed by atoms with E-state index in [0.29, 0.717) is 30.8 Å². The van der Waals surface area contributed by atoms with Gasteiger partial charge in [0.2, 0.25) is 0 Å². The molecule has 216 valence electrons. The molecule has 0 spiro atoms. The van der Waals surface area contributed by atoms with Gasteiger partial charge in [0.1, 0.15) is 19.8 Å². The summed E-state index contributed by atoms with van der Waals surface area (Å²) < 4.78 is 16.8. The number of amides is 2. The van der Waals surface area contributed by atoms with Crippen molar-refractivity contribution in [1.82, 2.24) is 4.90 Å². The molecule has 0 radical (unpaired) electrons. The Hall–Kier alpha value is -2.01. The third-order valence-corrected chi connectivity index (χ3v) is 8.33. The molecule has 9 nitrogen and oxygen atoms in total. The minimum Gasteiger partial charge on any atom is -0.465 e. The van der Waals surface area contributed by atoms with E-state index in [4.69, 9.17) is 14.2 Å². The van der Waals surface area contributed by atoms with Gasteiger partial charge in [-0.3, -0.25) is 28.9 Å². The van der Waals surface area contributed by atoms with Gasteiger partial charge in [-0.1, -0.05) is 34.6 Å². The molecule has 3 atom stereocenters. The van der Waals surface area contributed by atoms with Crippen LogP contribution < -0.4 is 0 Å². The molecule has 2 amide bonds. The second kappa shape index (κ2) is 18.3. The van der Waals surface area contributed by atoms with Crippen LogP contribution in [0.15, 0.2) is 12.2 Å². The van der Waals surface area contributed by atoms with Crippen LogP contribution in [0.4, 0.5) is 0 Å². The summed E-state index contributed by atoms with van der Waals surface area (Å²) >= 11 is 3.30. The lowest BCUT2D eigenvalue weighted by atomic mass is 9.87. The number of carbonyl (C=O) groups is 5. The molecule has 0 N–H and O–H groups in total. The second-order valence-corrected chi connectivity index (χ2v) is 12.2. The minimum absolute atomic E-state index is 0.0294. The molecular formula is C27H43NO8S2. The van der Waals surface area contributed by atoms with E-state index in [1.54, 1.807) is 30.4 Å². The van der Waals surface area contributed by atoms with Gasteiger partial charge >= 0.3 is 17.9 Å². The Morgan fingerprint density at radius 2 is 1.42 bits per heavy atom. The Labute approximate surface area is 235 Å². The van der Waals surface area contributed by atoms with Crippen molar-refractivity contribution < 1.29 is 38.2 Å². The van der Waals surface area contributed by atoms with Gasteiger partial charge in [0.05, 0.1) is 23.7 Å². The molecule has 1 rings (SSSR count). The van der Waals surface area contributed by atoms with Gasteiger partial charge in [0.15, 0.2) is 0 Å². The molecule has 0 fully saturated rings. The number of carbonyl (C=O) groups excluding carboxylic acids is 5. The summed E-state index contributed by atoms with van der Waals surface area (Å²) in [6.07, 6.45) is 4.10. The quantitative estimate of drug-likeness (QED) is 0.0919. The van der Waals surface area contributed by atoms with E-state index in [0.717, 1.165) is 16.4 Å². The largest absolute Gasteiger partial charge is 0.465 e. The number of rotatable bonds is 20. The summed E-state index contributed by atoms with van der Waals surface area (Å²) in [7, 11) is 0. The fraction of sp³-hybridized carbons (Fsp3) is 0.741. The minimum atomic E-state index is -0.865. The summed E-state index contributed by atoms with van der Waals surface area (Å²) in [4.78, 5) is 62.0. The van der Waals surface area contributed by atoms with Crippen LogP contribution in [0.5, 0.6) is 0 Å². The first-order valence-electron chi connectivity index (χ1n) is 13.3. The SMILES string of the molecule is CCSCCC(=O)OCC(CC)(COC(=O)C(C)CCCN1C(=O)C=CC1=O)COC(=O)C(C)CSCC. The average molecular weight is 574 g/mol. The highest BCUT2D eigenvalue weighted by Crippen LogP contribution is 2.26. The van der Waals surface area contributed by atoms with E-state index >= 15 is 0 Å². The molecule has 0 bridgehead atoms. The molecule has 1 aliphatic heterocycles. The molecule has 38 heavy (non-hydrogen) atoms. The van der Waals surface area contributed by atoms with Gasteiger partial charge in [-0.05, 0) is 30.8 Å². The predicted octanol–water partition coefficient (Wildman–Crippen LogP) is 3.89. The third-order valence-electron chi connectivity index (χ3n) is 6.28. The monoisotopic (exact) mass is 573 g/mol. The fourth-order valence-electron chi connectivity index (χ4n) is 3.46. The number of thioether (sulfide) groups is 2. The van der Waals surface area contributed by atoms with Crippen LogP contribution in [0.2, 0.25) is 0 Å². The van der Waals surface area contributed by atoms with Gasteiger partial charge in [-0.25, -0.2) is 0 Å². The van der Waals surface area contributed by atoms with Crippen molar-refractivity contribution in [1.29, 1.82) is 0 Å². The number of hydrogen-bond donors (Lipinski definition) is 0. The Morgan fingerprint density at radius 3 is 1.97 bits per heavy atom. The van der Waals surface area contributed by atoms with Crippen molar-refractivity contribution in [3.05, 3.63) is 12.2 Å². The topological polar surface area (TPSA) is 116 Å². The Kier molecular flexibility index (Phi) is 16.4. The second-order valence-electron chi connectivity index (χ2n) is 9.44. The molecule has 0 saturated heterocycles.